The Balaban J connectivity index is 0.00000312. The number of benzene rings is 2. The number of rotatable bonds is 3. The molecule has 10 heteroatoms. The molecule has 2 aromatic rings. The second-order valence-corrected chi connectivity index (χ2v) is 5.68. The minimum absolute atomic E-state index is 0. The molecule has 0 saturated heterocycles. The molecule has 0 aliphatic heterocycles. The van der Waals surface area contributed by atoms with Crippen LogP contribution < -0.4 is 10.5 Å². The summed E-state index contributed by atoms with van der Waals surface area (Å²) in [6.45, 7) is 0. The first kappa shape index (κ1) is 21.6. The van der Waals surface area contributed by atoms with Crippen LogP contribution in [0.15, 0.2) is 46.9 Å². The van der Waals surface area contributed by atoms with Crippen molar-refractivity contribution in [2.24, 2.45) is 5.73 Å². The number of nitrogens with two attached hydrogens (primary N) is 1. The third-order valence-electron chi connectivity index (χ3n) is 3.13. The second kappa shape index (κ2) is 7.84. The van der Waals surface area contributed by atoms with E-state index in [1.165, 1.54) is 18.2 Å². The van der Waals surface area contributed by atoms with Crippen LogP contribution in [-0.4, -0.2) is 6.36 Å². The Hall–Kier alpha value is -1.45. The summed E-state index contributed by atoms with van der Waals surface area (Å²) >= 11 is 3.13. The second-order valence-electron chi connectivity index (χ2n) is 4.83. The highest BCUT2D eigenvalue weighted by Gasteiger charge is 2.32. The van der Waals surface area contributed by atoms with Crippen molar-refractivity contribution in [2.75, 3.05) is 0 Å². The summed E-state index contributed by atoms with van der Waals surface area (Å²) in [6.07, 6.45) is -9.35. The van der Waals surface area contributed by atoms with Crippen LogP contribution in [-0.2, 0) is 6.18 Å². The van der Waals surface area contributed by atoms with Crippen LogP contribution >= 0.6 is 28.3 Å². The van der Waals surface area contributed by atoms with Crippen LogP contribution in [0.3, 0.4) is 0 Å². The first-order chi connectivity index (χ1) is 11.0. The number of halogens is 8. The summed E-state index contributed by atoms with van der Waals surface area (Å²) in [6, 6.07) is 6.68. The molecule has 0 heterocycles. The van der Waals surface area contributed by atoms with Crippen LogP contribution in [0, 0.1) is 0 Å². The Morgan fingerprint density at radius 3 is 1.96 bits per heavy atom. The fraction of sp³-hybridized carbons (Fsp3) is 0.200. The maximum Gasteiger partial charge on any atom is 0.573 e. The lowest BCUT2D eigenvalue weighted by Gasteiger charge is -2.17. The van der Waals surface area contributed by atoms with Gasteiger partial charge in [-0.05, 0) is 41.5 Å². The first-order valence-corrected chi connectivity index (χ1v) is 7.24. The predicted octanol–water partition coefficient (Wildman–Crippen LogP) is 5.84. The molecule has 0 aromatic heterocycles. The van der Waals surface area contributed by atoms with E-state index in [0.29, 0.717) is 10.0 Å². The van der Waals surface area contributed by atoms with E-state index in [1.54, 1.807) is 0 Å². The highest BCUT2D eigenvalue weighted by molar-refractivity contribution is 9.10. The van der Waals surface area contributed by atoms with Crippen molar-refractivity contribution in [3.63, 3.8) is 0 Å². The minimum atomic E-state index is -4.83. The van der Waals surface area contributed by atoms with Gasteiger partial charge in [0.05, 0.1) is 11.6 Å². The Labute approximate surface area is 153 Å². The summed E-state index contributed by atoms with van der Waals surface area (Å²) < 4.78 is 78.8. The molecule has 2 N–H and O–H groups in total. The zero-order chi connectivity index (χ0) is 18.1. The van der Waals surface area contributed by atoms with Gasteiger partial charge < -0.3 is 10.5 Å². The maximum atomic E-state index is 12.8. The van der Waals surface area contributed by atoms with Gasteiger partial charge >= 0.3 is 12.5 Å². The normalized spacial score (nSPS) is 13.1. The van der Waals surface area contributed by atoms with Crippen molar-refractivity contribution in [1.82, 2.24) is 0 Å². The molecule has 0 amide bonds. The average Bonchev–Trinajstić information content (AvgIpc) is 2.45. The topological polar surface area (TPSA) is 35.2 Å². The summed E-state index contributed by atoms with van der Waals surface area (Å²) in [7, 11) is 0. The van der Waals surface area contributed by atoms with Gasteiger partial charge in [0.25, 0.3) is 0 Å². The van der Waals surface area contributed by atoms with Gasteiger partial charge in [-0.1, -0.05) is 28.1 Å². The molecular formula is C15H11BrClF6NO. The fourth-order valence-electron chi connectivity index (χ4n) is 2.01. The summed E-state index contributed by atoms with van der Waals surface area (Å²) in [5.41, 5.74) is 5.58. The van der Waals surface area contributed by atoms with E-state index in [9.17, 15) is 26.3 Å². The van der Waals surface area contributed by atoms with Crippen LogP contribution in [0.1, 0.15) is 22.7 Å². The van der Waals surface area contributed by atoms with Gasteiger partial charge in [-0.2, -0.15) is 13.2 Å². The summed E-state index contributed by atoms with van der Waals surface area (Å²) in [4.78, 5) is 0. The monoisotopic (exact) mass is 449 g/mol. The van der Waals surface area contributed by atoms with E-state index in [-0.39, 0.29) is 18.0 Å². The predicted molar refractivity (Wildman–Crippen MR) is 85.5 cm³/mol. The van der Waals surface area contributed by atoms with E-state index in [1.807, 2.05) is 0 Å². The Morgan fingerprint density at radius 1 is 0.920 bits per heavy atom. The van der Waals surface area contributed by atoms with E-state index >= 15 is 0 Å². The van der Waals surface area contributed by atoms with Gasteiger partial charge in [0.15, 0.2) is 0 Å². The van der Waals surface area contributed by atoms with Crippen molar-refractivity contribution in [1.29, 1.82) is 0 Å². The molecule has 0 unspecified atom stereocenters. The van der Waals surface area contributed by atoms with E-state index in [4.69, 9.17) is 5.73 Å². The highest BCUT2D eigenvalue weighted by Crippen LogP contribution is 2.35. The molecule has 0 aliphatic carbocycles. The molecule has 2 aromatic carbocycles. The number of alkyl halides is 6. The van der Waals surface area contributed by atoms with Gasteiger partial charge in [-0.3, -0.25) is 0 Å². The fourth-order valence-corrected chi connectivity index (χ4v) is 2.51. The summed E-state index contributed by atoms with van der Waals surface area (Å²) in [5, 5.41) is 0. The molecule has 0 spiro atoms. The van der Waals surface area contributed by atoms with Crippen molar-refractivity contribution in [3.05, 3.63) is 63.6 Å². The third-order valence-corrected chi connectivity index (χ3v) is 3.85. The number of hydrogen-bond donors (Lipinski definition) is 1. The lowest BCUT2D eigenvalue weighted by Crippen LogP contribution is -2.17. The van der Waals surface area contributed by atoms with Crippen LogP contribution in [0.25, 0.3) is 0 Å². The minimum Gasteiger partial charge on any atom is -0.406 e. The molecule has 138 valence electrons. The largest absolute Gasteiger partial charge is 0.573 e. The number of hydrogen-bond acceptors (Lipinski definition) is 2. The lowest BCUT2D eigenvalue weighted by molar-refractivity contribution is -0.274. The highest BCUT2D eigenvalue weighted by atomic mass is 79.9. The Kier molecular flexibility index (Phi) is 6.77. The molecule has 0 fully saturated rings. The standard InChI is InChI=1S/C15H10BrF6NO.ClH/c16-12-6-3-9(14(17,18)19)7-11(12)13(23)8-1-4-10(5-2-8)24-15(20,21)22;/h1-7,13H,23H2;1H/t13-;/m0./s1. The Bertz CT molecular complexity index is 717. The van der Waals surface area contributed by atoms with Crippen molar-refractivity contribution in [2.45, 2.75) is 18.6 Å². The molecule has 0 bridgehead atoms. The quantitative estimate of drug-likeness (QED) is 0.597. The van der Waals surface area contributed by atoms with Crippen molar-refractivity contribution < 1.29 is 31.1 Å². The maximum absolute atomic E-state index is 12.8. The van der Waals surface area contributed by atoms with Crippen LogP contribution in [0.4, 0.5) is 26.3 Å². The lowest BCUT2D eigenvalue weighted by atomic mass is 9.98. The van der Waals surface area contributed by atoms with E-state index in [2.05, 4.69) is 20.7 Å². The van der Waals surface area contributed by atoms with E-state index in [0.717, 1.165) is 24.3 Å². The van der Waals surface area contributed by atoms with Gasteiger partial charge in [-0.25, -0.2) is 0 Å². The summed E-state index contributed by atoms with van der Waals surface area (Å²) in [5.74, 6) is -0.443. The van der Waals surface area contributed by atoms with E-state index < -0.39 is 29.9 Å². The molecule has 2 nitrogen and oxygen atoms in total. The molecule has 25 heavy (non-hydrogen) atoms. The molecule has 2 rings (SSSR count). The zero-order valence-electron chi connectivity index (χ0n) is 12.2. The van der Waals surface area contributed by atoms with Crippen LogP contribution in [0.5, 0.6) is 5.75 Å². The number of ether oxygens (including phenoxy) is 1. The molecule has 0 aliphatic rings. The Morgan fingerprint density at radius 2 is 1.48 bits per heavy atom. The zero-order valence-corrected chi connectivity index (χ0v) is 14.6. The van der Waals surface area contributed by atoms with Gasteiger partial charge in [-0.15, -0.1) is 25.6 Å². The molecule has 0 radical (unpaired) electrons. The van der Waals surface area contributed by atoms with Crippen LogP contribution in [0.2, 0.25) is 0 Å². The molecule has 0 saturated carbocycles. The van der Waals surface area contributed by atoms with Crippen molar-refractivity contribution in [3.8, 4) is 5.75 Å². The molecule has 1 atom stereocenters. The van der Waals surface area contributed by atoms with Gasteiger partial charge in [0.1, 0.15) is 5.75 Å². The van der Waals surface area contributed by atoms with Gasteiger partial charge in [0, 0.05) is 4.47 Å². The smallest absolute Gasteiger partial charge is 0.406 e. The first-order valence-electron chi connectivity index (χ1n) is 6.45. The SMILES string of the molecule is Cl.N[C@@H](c1ccc(OC(F)(F)F)cc1)c1cc(C(F)(F)F)ccc1Br. The third kappa shape index (κ3) is 5.79. The van der Waals surface area contributed by atoms with Crippen molar-refractivity contribution >= 4 is 28.3 Å². The molecular weight excluding hydrogens is 440 g/mol. The average molecular weight is 451 g/mol. The van der Waals surface area contributed by atoms with Gasteiger partial charge in [0.2, 0.25) is 0 Å².